The predicted octanol–water partition coefficient (Wildman–Crippen LogP) is 7.60. The van der Waals surface area contributed by atoms with Gasteiger partial charge in [0.25, 0.3) is 0 Å². The summed E-state index contributed by atoms with van der Waals surface area (Å²) in [5.74, 6) is 2.07. The van der Waals surface area contributed by atoms with Gasteiger partial charge in [-0.3, -0.25) is 0 Å². The van der Waals surface area contributed by atoms with Crippen molar-refractivity contribution in [1.29, 1.82) is 0 Å². The molecule has 5 nitrogen and oxygen atoms in total. The SMILES string of the molecule is CCOC(=O)COc1cccc(CC2CCC=C2c2nc(-c3ccc(C)cc3)c(-c3ccc(C)cc3)o2)c1. The number of benzene rings is 3. The van der Waals surface area contributed by atoms with Gasteiger partial charge in [0.15, 0.2) is 12.4 Å². The number of allylic oxidation sites excluding steroid dienone is 2. The molecule has 1 heterocycles. The number of aromatic nitrogens is 1. The second kappa shape index (κ2) is 11.5. The zero-order valence-electron chi connectivity index (χ0n) is 22.2. The molecule has 5 heteroatoms. The van der Waals surface area contributed by atoms with E-state index >= 15 is 0 Å². The fraction of sp³-hybridized carbons (Fsp3) is 0.273. The van der Waals surface area contributed by atoms with Gasteiger partial charge in [0.05, 0.1) is 6.61 Å². The van der Waals surface area contributed by atoms with Crippen LogP contribution >= 0.6 is 0 Å². The summed E-state index contributed by atoms with van der Waals surface area (Å²) in [7, 11) is 0. The van der Waals surface area contributed by atoms with Gasteiger partial charge in [-0.15, -0.1) is 0 Å². The first-order chi connectivity index (χ1) is 18.5. The van der Waals surface area contributed by atoms with Crippen molar-refractivity contribution in [3.8, 4) is 28.3 Å². The number of hydrogen-bond donors (Lipinski definition) is 0. The predicted molar refractivity (Wildman–Crippen MR) is 150 cm³/mol. The van der Waals surface area contributed by atoms with Gasteiger partial charge in [-0.1, -0.05) is 77.9 Å². The number of carbonyl (C=O) groups is 1. The van der Waals surface area contributed by atoms with Crippen molar-refractivity contribution in [1.82, 2.24) is 4.98 Å². The molecule has 0 fully saturated rings. The van der Waals surface area contributed by atoms with E-state index in [9.17, 15) is 4.79 Å². The Labute approximate surface area is 224 Å². The Morgan fingerprint density at radius 2 is 1.68 bits per heavy atom. The van der Waals surface area contributed by atoms with Crippen molar-refractivity contribution in [2.24, 2.45) is 5.92 Å². The van der Waals surface area contributed by atoms with Crippen LogP contribution in [0.5, 0.6) is 5.75 Å². The molecule has 0 N–H and O–H groups in total. The molecule has 3 aromatic carbocycles. The van der Waals surface area contributed by atoms with Crippen LogP contribution in [0.25, 0.3) is 28.2 Å². The summed E-state index contributed by atoms with van der Waals surface area (Å²) >= 11 is 0. The molecule has 0 amide bonds. The Kier molecular flexibility index (Phi) is 7.73. The third kappa shape index (κ3) is 5.88. The lowest BCUT2D eigenvalue weighted by atomic mass is 9.93. The lowest BCUT2D eigenvalue weighted by Crippen LogP contribution is -2.14. The van der Waals surface area contributed by atoms with Crippen LogP contribution in [0.15, 0.2) is 83.3 Å². The second-order valence-electron chi connectivity index (χ2n) is 9.81. The largest absolute Gasteiger partial charge is 0.482 e. The summed E-state index contributed by atoms with van der Waals surface area (Å²) in [6, 6.07) is 24.8. The molecule has 0 bridgehead atoms. The zero-order chi connectivity index (χ0) is 26.5. The first-order valence-corrected chi connectivity index (χ1v) is 13.2. The van der Waals surface area contributed by atoms with Crippen LogP contribution < -0.4 is 4.74 Å². The van der Waals surface area contributed by atoms with E-state index in [2.05, 4.69) is 74.5 Å². The van der Waals surface area contributed by atoms with Crippen LogP contribution in [-0.4, -0.2) is 24.2 Å². The second-order valence-corrected chi connectivity index (χ2v) is 9.81. The molecule has 38 heavy (non-hydrogen) atoms. The highest BCUT2D eigenvalue weighted by atomic mass is 16.6. The number of nitrogens with zero attached hydrogens (tertiary/aromatic N) is 1. The third-order valence-electron chi connectivity index (χ3n) is 6.87. The molecular formula is C33H33NO4. The molecule has 1 unspecified atom stereocenters. The number of aryl methyl sites for hydroxylation is 2. The minimum Gasteiger partial charge on any atom is -0.482 e. The molecule has 1 atom stereocenters. The molecule has 1 aliphatic rings. The van der Waals surface area contributed by atoms with Crippen molar-refractivity contribution in [3.05, 3.63) is 101 Å². The van der Waals surface area contributed by atoms with Crippen molar-refractivity contribution in [2.45, 2.75) is 40.0 Å². The molecule has 0 aliphatic heterocycles. The molecular weight excluding hydrogens is 474 g/mol. The molecule has 0 radical (unpaired) electrons. The maximum absolute atomic E-state index is 11.7. The van der Waals surface area contributed by atoms with Gasteiger partial charge in [-0.05, 0) is 63.6 Å². The Morgan fingerprint density at radius 3 is 2.39 bits per heavy atom. The van der Waals surface area contributed by atoms with Crippen molar-refractivity contribution < 1.29 is 18.7 Å². The first-order valence-electron chi connectivity index (χ1n) is 13.2. The molecule has 0 spiro atoms. The summed E-state index contributed by atoms with van der Waals surface area (Å²) in [5.41, 5.74) is 7.64. The summed E-state index contributed by atoms with van der Waals surface area (Å²) in [5, 5.41) is 0. The van der Waals surface area contributed by atoms with E-state index in [4.69, 9.17) is 18.9 Å². The van der Waals surface area contributed by atoms with Gasteiger partial charge < -0.3 is 13.9 Å². The van der Waals surface area contributed by atoms with Crippen LogP contribution in [0, 0.1) is 19.8 Å². The van der Waals surface area contributed by atoms with Crippen molar-refractivity contribution in [3.63, 3.8) is 0 Å². The number of oxazole rings is 1. The number of ether oxygens (including phenoxy) is 2. The topological polar surface area (TPSA) is 61.6 Å². The lowest BCUT2D eigenvalue weighted by molar-refractivity contribution is -0.145. The monoisotopic (exact) mass is 507 g/mol. The maximum atomic E-state index is 11.7. The van der Waals surface area contributed by atoms with E-state index in [0.29, 0.717) is 18.2 Å². The molecule has 1 aliphatic carbocycles. The Bertz CT molecular complexity index is 1370. The van der Waals surface area contributed by atoms with E-state index in [1.165, 1.54) is 11.1 Å². The van der Waals surface area contributed by atoms with E-state index in [1.807, 2.05) is 18.2 Å². The molecule has 194 valence electrons. The summed E-state index contributed by atoms with van der Waals surface area (Å²) < 4.78 is 17.1. The van der Waals surface area contributed by atoms with Crippen LogP contribution in [-0.2, 0) is 16.0 Å². The van der Waals surface area contributed by atoms with Crippen molar-refractivity contribution >= 4 is 11.5 Å². The third-order valence-corrected chi connectivity index (χ3v) is 6.87. The molecule has 0 saturated heterocycles. The Morgan fingerprint density at radius 1 is 0.974 bits per heavy atom. The quantitative estimate of drug-likeness (QED) is 0.218. The van der Waals surface area contributed by atoms with E-state index < -0.39 is 0 Å². The first kappa shape index (κ1) is 25.5. The van der Waals surface area contributed by atoms with E-state index in [1.54, 1.807) is 6.92 Å². The molecule has 4 aromatic rings. The average molecular weight is 508 g/mol. The lowest BCUT2D eigenvalue weighted by Gasteiger charge is -2.14. The molecule has 5 rings (SSSR count). The average Bonchev–Trinajstić information content (AvgIpc) is 3.56. The molecule has 0 saturated carbocycles. The maximum Gasteiger partial charge on any atom is 0.344 e. The van der Waals surface area contributed by atoms with Gasteiger partial charge in [0, 0.05) is 16.7 Å². The Hall–Kier alpha value is -4.12. The fourth-order valence-corrected chi connectivity index (χ4v) is 4.88. The van der Waals surface area contributed by atoms with Crippen LogP contribution in [0.2, 0.25) is 0 Å². The van der Waals surface area contributed by atoms with Crippen molar-refractivity contribution in [2.75, 3.05) is 13.2 Å². The standard InChI is InChI=1S/C33H33NO4/c1-4-36-30(35)21-37-28-9-5-7-24(20-28)19-27-8-6-10-29(27)33-34-31(25-15-11-22(2)12-16-25)32(38-33)26-17-13-23(3)14-18-26/h5,7,9-18,20,27H,4,6,8,19,21H2,1-3H3. The highest BCUT2D eigenvalue weighted by Gasteiger charge is 2.27. The number of esters is 1. The normalized spacial score (nSPS) is 14.8. The van der Waals surface area contributed by atoms with Gasteiger partial charge in [0.2, 0.25) is 5.89 Å². The summed E-state index contributed by atoms with van der Waals surface area (Å²) in [4.78, 5) is 16.7. The zero-order valence-corrected chi connectivity index (χ0v) is 22.2. The molecule has 1 aromatic heterocycles. The number of carbonyl (C=O) groups excluding carboxylic acids is 1. The van der Waals surface area contributed by atoms with Crippen LogP contribution in [0.4, 0.5) is 0 Å². The number of rotatable bonds is 9. The van der Waals surface area contributed by atoms with Gasteiger partial charge in [-0.2, -0.15) is 0 Å². The van der Waals surface area contributed by atoms with Crippen LogP contribution in [0.3, 0.4) is 0 Å². The summed E-state index contributed by atoms with van der Waals surface area (Å²) in [6.45, 7) is 6.21. The van der Waals surface area contributed by atoms with E-state index in [0.717, 1.165) is 53.0 Å². The van der Waals surface area contributed by atoms with Gasteiger partial charge in [0.1, 0.15) is 11.4 Å². The summed E-state index contributed by atoms with van der Waals surface area (Å²) in [6.07, 6.45) is 5.12. The van der Waals surface area contributed by atoms with Gasteiger partial charge in [-0.25, -0.2) is 9.78 Å². The Balaban J connectivity index is 1.41. The van der Waals surface area contributed by atoms with E-state index in [-0.39, 0.29) is 18.5 Å². The smallest absolute Gasteiger partial charge is 0.344 e. The van der Waals surface area contributed by atoms with Crippen LogP contribution in [0.1, 0.15) is 42.3 Å². The minimum absolute atomic E-state index is 0.0915. The van der Waals surface area contributed by atoms with Gasteiger partial charge >= 0.3 is 5.97 Å². The number of hydrogen-bond acceptors (Lipinski definition) is 5. The fourth-order valence-electron chi connectivity index (χ4n) is 4.88. The highest BCUT2D eigenvalue weighted by Crippen LogP contribution is 2.41. The highest BCUT2D eigenvalue weighted by molar-refractivity contribution is 5.79. The minimum atomic E-state index is -0.364.